The number of anilines is 1. The lowest BCUT2D eigenvalue weighted by Crippen LogP contribution is -2.32. The molecule has 19 heavy (non-hydrogen) atoms. The minimum absolute atomic E-state index is 0.0110. The number of pyridine rings is 1. The smallest absolute Gasteiger partial charge is 0.152 e. The third kappa shape index (κ3) is 2.04. The van der Waals surface area contributed by atoms with E-state index in [0.29, 0.717) is 5.39 Å². The Hall–Kier alpha value is -1.75. The fourth-order valence-electron chi connectivity index (χ4n) is 2.76. The summed E-state index contributed by atoms with van der Waals surface area (Å²) in [6.07, 6.45) is 3.37. The minimum atomic E-state index is -0.656. The van der Waals surface area contributed by atoms with Gasteiger partial charge in [-0.15, -0.1) is 0 Å². The van der Waals surface area contributed by atoms with Gasteiger partial charge in [-0.1, -0.05) is 0 Å². The molecule has 1 fully saturated rings. The summed E-state index contributed by atoms with van der Waals surface area (Å²) in [5, 5.41) is 9.83. The van der Waals surface area contributed by atoms with Crippen molar-refractivity contribution in [3.05, 3.63) is 36.0 Å². The third-order valence-corrected chi connectivity index (χ3v) is 3.64. The topological polar surface area (TPSA) is 36.4 Å². The van der Waals surface area contributed by atoms with Crippen LogP contribution in [0.3, 0.4) is 0 Å². The molecule has 0 radical (unpaired) electrons. The Morgan fingerprint density at radius 3 is 3.00 bits per heavy atom. The van der Waals surface area contributed by atoms with Crippen molar-refractivity contribution in [3.8, 4) is 0 Å². The van der Waals surface area contributed by atoms with E-state index >= 15 is 0 Å². The van der Waals surface area contributed by atoms with Crippen LogP contribution in [0.4, 0.5) is 14.5 Å². The first-order valence-corrected chi connectivity index (χ1v) is 6.32. The lowest BCUT2D eigenvalue weighted by molar-refractivity contribution is 0.266. The molecule has 1 aromatic carbocycles. The second kappa shape index (κ2) is 4.74. The number of benzene rings is 1. The Morgan fingerprint density at radius 1 is 1.37 bits per heavy atom. The summed E-state index contributed by atoms with van der Waals surface area (Å²) >= 11 is 0. The van der Waals surface area contributed by atoms with Gasteiger partial charge in [-0.05, 0) is 25.0 Å². The molecule has 0 amide bonds. The summed E-state index contributed by atoms with van der Waals surface area (Å²) in [6, 6.07) is 3.90. The van der Waals surface area contributed by atoms with Crippen molar-refractivity contribution < 1.29 is 13.9 Å². The highest BCUT2D eigenvalue weighted by molar-refractivity contribution is 5.92. The average molecular weight is 264 g/mol. The zero-order valence-corrected chi connectivity index (χ0v) is 10.3. The van der Waals surface area contributed by atoms with Crippen molar-refractivity contribution in [2.75, 3.05) is 18.1 Å². The number of aliphatic hydroxyl groups is 1. The predicted octanol–water partition coefficient (Wildman–Crippen LogP) is 2.47. The Bertz CT molecular complexity index is 618. The maximum Gasteiger partial charge on any atom is 0.152 e. The zero-order valence-electron chi connectivity index (χ0n) is 10.3. The molecular formula is C14H14F2N2O. The van der Waals surface area contributed by atoms with Gasteiger partial charge in [0, 0.05) is 29.9 Å². The molecule has 3 rings (SSSR count). The van der Waals surface area contributed by atoms with Crippen molar-refractivity contribution in [1.29, 1.82) is 0 Å². The summed E-state index contributed by atoms with van der Waals surface area (Å²) in [5.74, 6) is -1.27. The van der Waals surface area contributed by atoms with Crippen molar-refractivity contribution >= 4 is 16.6 Å². The molecule has 1 atom stereocenters. The van der Waals surface area contributed by atoms with Crippen LogP contribution < -0.4 is 4.90 Å². The highest BCUT2D eigenvalue weighted by Crippen LogP contribution is 2.32. The van der Waals surface area contributed by atoms with Crippen LogP contribution in [0.25, 0.3) is 10.9 Å². The van der Waals surface area contributed by atoms with Crippen LogP contribution in [0.15, 0.2) is 24.4 Å². The van der Waals surface area contributed by atoms with Crippen LogP contribution in [-0.2, 0) is 0 Å². The van der Waals surface area contributed by atoms with Gasteiger partial charge in [0.1, 0.15) is 11.3 Å². The van der Waals surface area contributed by atoms with Crippen LogP contribution in [0, 0.1) is 11.6 Å². The SMILES string of the molecule is OCC1CCCN1c1ccnc2c(F)cc(F)cc12. The molecule has 3 nitrogen and oxygen atoms in total. The van der Waals surface area contributed by atoms with Crippen LogP contribution in [0.1, 0.15) is 12.8 Å². The maximum absolute atomic E-state index is 13.7. The summed E-state index contributed by atoms with van der Waals surface area (Å²) in [5.41, 5.74) is 0.905. The summed E-state index contributed by atoms with van der Waals surface area (Å²) in [7, 11) is 0. The van der Waals surface area contributed by atoms with E-state index < -0.39 is 11.6 Å². The molecule has 0 saturated carbocycles. The summed E-state index contributed by atoms with van der Waals surface area (Å²) < 4.78 is 27.1. The van der Waals surface area contributed by atoms with Crippen molar-refractivity contribution in [2.45, 2.75) is 18.9 Å². The number of nitrogens with zero attached hydrogens (tertiary/aromatic N) is 2. The second-order valence-corrected chi connectivity index (χ2v) is 4.79. The van der Waals surface area contributed by atoms with Gasteiger partial charge in [0.25, 0.3) is 0 Å². The van der Waals surface area contributed by atoms with Crippen LogP contribution in [0.5, 0.6) is 0 Å². The molecular weight excluding hydrogens is 250 g/mol. The molecule has 1 aliphatic heterocycles. The highest BCUT2D eigenvalue weighted by Gasteiger charge is 2.25. The molecule has 0 aliphatic carbocycles. The Labute approximate surface area is 109 Å². The van der Waals surface area contributed by atoms with Crippen LogP contribution >= 0.6 is 0 Å². The Kier molecular flexibility index (Phi) is 3.06. The summed E-state index contributed by atoms with van der Waals surface area (Å²) in [4.78, 5) is 5.98. The average Bonchev–Trinajstić information content (AvgIpc) is 2.86. The van der Waals surface area contributed by atoms with Gasteiger partial charge in [-0.25, -0.2) is 8.78 Å². The minimum Gasteiger partial charge on any atom is -0.394 e. The zero-order chi connectivity index (χ0) is 13.4. The van der Waals surface area contributed by atoms with Gasteiger partial charge >= 0.3 is 0 Å². The summed E-state index contributed by atoms with van der Waals surface area (Å²) in [6.45, 7) is 0.823. The molecule has 2 aromatic rings. The number of hydrogen-bond acceptors (Lipinski definition) is 3. The van der Waals surface area contributed by atoms with Gasteiger partial charge in [0.2, 0.25) is 0 Å². The lowest BCUT2D eigenvalue weighted by atomic mass is 10.1. The van der Waals surface area contributed by atoms with Crippen molar-refractivity contribution in [3.63, 3.8) is 0 Å². The fraction of sp³-hybridized carbons (Fsp3) is 0.357. The molecule has 1 aliphatic rings. The lowest BCUT2D eigenvalue weighted by Gasteiger charge is -2.26. The molecule has 0 spiro atoms. The maximum atomic E-state index is 13.7. The Morgan fingerprint density at radius 2 is 2.21 bits per heavy atom. The van der Waals surface area contributed by atoms with Gasteiger partial charge < -0.3 is 10.0 Å². The molecule has 5 heteroatoms. The first kappa shape index (κ1) is 12.3. The molecule has 1 saturated heterocycles. The second-order valence-electron chi connectivity index (χ2n) is 4.79. The van der Waals surface area contributed by atoms with E-state index in [9.17, 15) is 13.9 Å². The normalized spacial score (nSPS) is 19.3. The molecule has 2 heterocycles. The highest BCUT2D eigenvalue weighted by atomic mass is 19.1. The first-order valence-electron chi connectivity index (χ1n) is 6.32. The quantitative estimate of drug-likeness (QED) is 0.905. The van der Waals surface area contributed by atoms with Crippen LogP contribution in [-0.4, -0.2) is 29.3 Å². The number of rotatable bonds is 2. The largest absolute Gasteiger partial charge is 0.394 e. The number of aromatic nitrogens is 1. The van der Waals surface area contributed by atoms with Gasteiger partial charge in [-0.3, -0.25) is 4.98 Å². The van der Waals surface area contributed by atoms with Gasteiger partial charge in [0.15, 0.2) is 5.82 Å². The van der Waals surface area contributed by atoms with E-state index in [0.717, 1.165) is 31.1 Å². The van der Waals surface area contributed by atoms with Crippen LogP contribution in [0.2, 0.25) is 0 Å². The molecule has 100 valence electrons. The van der Waals surface area contributed by atoms with Gasteiger partial charge in [-0.2, -0.15) is 0 Å². The monoisotopic (exact) mass is 264 g/mol. The van der Waals surface area contributed by atoms with E-state index in [1.165, 1.54) is 12.3 Å². The van der Waals surface area contributed by atoms with E-state index in [-0.39, 0.29) is 18.2 Å². The standard InChI is InChI=1S/C14H14F2N2O/c15-9-6-11-13(18-5-1-2-10(18)8-19)3-4-17-14(11)12(16)7-9/h3-4,6-7,10,19H,1-2,5,8H2. The van der Waals surface area contributed by atoms with E-state index in [1.54, 1.807) is 6.07 Å². The first-order chi connectivity index (χ1) is 9.20. The number of halogens is 2. The molecule has 1 unspecified atom stereocenters. The molecule has 1 N–H and O–H groups in total. The van der Waals surface area contributed by atoms with E-state index in [2.05, 4.69) is 4.98 Å². The number of fused-ring (bicyclic) bond motifs is 1. The fourth-order valence-corrected chi connectivity index (χ4v) is 2.76. The van der Waals surface area contributed by atoms with E-state index in [4.69, 9.17) is 0 Å². The number of hydrogen-bond donors (Lipinski definition) is 1. The van der Waals surface area contributed by atoms with Crippen molar-refractivity contribution in [1.82, 2.24) is 4.98 Å². The van der Waals surface area contributed by atoms with Crippen molar-refractivity contribution in [2.24, 2.45) is 0 Å². The third-order valence-electron chi connectivity index (χ3n) is 3.64. The van der Waals surface area contributed by atoms with Gasteiger partial charge in [0.05, 0.1) is 12.6 Å². The predicted molar refractivity (Wildman–Crippen MR) is 69.1 cm³/mol. The molecule has 1 aromatic heterocycles. The number of aliphatic hydroxyl groups excluding tert-OH is 1. The Balaban J connectivity index is 2.18. The van der Waals surface area contributed by atoms with E-state index in [1.807, 2.05) is 4.90 Å². The molecule has 0 bridgehead atoms.